The van der Waals surface area contributed by atoms with E-state index in [4.69, 9.17) is 5.73 Å². The molecule has 0 amide bonds. The van der Waals surface area contributed by atoms with Crippen LogP contribution in [0.25, 0.3) is 5.69 Å². The van der Waals surface area contributed by atoms with Crippen molar-refractivity contribution in [3.63, 3.8) is 0 Å². The van der Waals surface area contributed by atoms with Gasteiger partial charge in [-0.1, -0.05) is 13.8 Å². The van der Waals surface area contributed by atoms with Gasteiger partial charge in [-0.3, -0.25) is 9.48 Å². The molecule has 0 aliphatic carbocycles. The van der Waals surface area contributed by atoms with Crippen LogP contribution in [-0.2, 0) is 6.54 Å². The van der Waals surface area contributed by atoms with Gasteiger partial charge >= 0.3 is 0 Å². The van der Waals surface area contributed by atoms with E-state index in [0.29, 0.717) is 17.8 Å². The van der Waals surface area contributed by atoms with Crippen LogP contribution in [0.15, 0.2) is 23.0 Å². The molecule has 0 saturated carbocycles. The molecule has 0 saturated heterocycles. The SMILES string of the molecule is CCn1c(C(C)C)c(N)c(=O)n1-c1ccc(F)cc1C. The summed E-state index contributed by atoms with van der Waals surface area (Å²) in [5, 5.41) is 0. The molecule has 2 N–H and O–H groups in total. The molecule has 0 bridgehead atoms. The van der Waals surface area contributed by atoms with Gasteiger partial charge in [-0.15, -0.1) is 0 Å². The van der Waals surface area contributed by atoms with E-state index in [2.05, 4.69) is 0 Å². The molecule has 5 heteroatoms. The molecular weight excluding hydrogens is 257 g/mol. The Labute approximate surface area is 117 Å². The van der Waals surface area contributed by atoms with Crippen molar-refractivity contribution in [2.45, 2.75) is 40.2 Å². The number of aromatic nitrogens is 2. The van der Waals surface area contributed by atoms with Crippen molar-refractivity contribution >= 4 is 5.69 Å². The summed E-state index contributed by atoms with van der Waals surface area (Å²) in [5.74, 6) is -0.171. The van der Waals surface area contributed by atoms with Crippen molar-refractivity contribution in [1.82, 2.24) is 9.36 Å². The smallest absolute Gasteiger partial charge is 0.294 e. The first-order valence-electron chi connectivity index (χ1n) is 6.76. The summed E-state index contributed by atoms with van der Waals surface area (Å²) in [6.07, 6.45) is 0. The molecule has 0 unspecified atom stereocenters. The van der Waals surface area contributed by atoms with Gasteiger partial charge in [0.2, 0.25) is 0 Å². The second-order valence-electron chi connectivity index (χ2n) is 5.22. The van der Waals surface area contributed by atoms with Crippen molar-refractivity contribution in [2.24, 2.45) is 0 Å². The number of nitrogens with two attached hydrogens (primary N) is 1. The lowest BCUT2D eigenvalue weighted by Crippen LogP contribution is -2.23. The largest absolute Gasteiger partial charge is 0.393 e. The van der Waals surface area contributed by atoms with Gasteiger partial charge in [0.25, 0.3) is 5.56 Å². The minimum atomic E-state index is -0.314. The highest BCUT2D eigenvalue weighted by atomic mass is 19.1. The number of rotatable bonds is 3. The molecule has 4 nitrogen and oxygen atoms in total. The van der Waals surface area contributed by atoms with Crippen LogP contribution in [0.4, 0.5) is 10.1 Å². The van der Waals surface area contributed by atoms with E-state index in [1.54, 1.807) is 17.7 Å². The Hall–Kier alpha value is -2.04. The first-order valence-corrected chi connectivity index (χ1v) is 6.76. The van der Waals surface area contributed by atoms with Gasteiger partial charge in [0.15, 0.2) is 0 Å². The molecule has 2 rings (SSSR count). The van der Waals surface area contributed by atoms with Gasteiger partial charge in [-0.05, 0) is 43.5 Å². The van der Waals surface area contributed by atoms with Crippen molar-refractivity contribution in [2.75, 3.05) is 5.73 Å². The molecular formula is C15H20FN3O. The quantitative estimate of drug-likeness (QED) is 0.938. The summed E-state index contributed by atoms with van der Waals surface area (Å²) in [7, 11) is 0. The zero-order chi connectivity index (χ0) is 15.0. The average Bonchev–Trinajstić information content (AvgIpc) is 2.62. The molecule has 108 valence electrons. The molecule has 0 spiro atoms. The van der Waals surface area contributed by atoms with E-state index in [1.807, 2.05) is 25.5 Å². The number of benzene rings is 1. The number of hydrogen-bond acceptors (Lipinski definition) is 2. The van der Waals surface area contributed by atoms with Crippen LogP contribution in [0.2, 0.25) is 0 Å². The van der Waals surface area contributed by atoms with E-state index in [0.717, 1.165) is 5.69 Å². The van der Waals surface area contributed by atoms with Crippen molar-refractivity contribution in [3.05, 3.63) is 45.6 Å². The van der Waals surface area contributed by atoms with E-state index in [1.165, 1.54) is 12.1 Å². The summed E-state index contributed by atoms with van der Waals surface area (Å²) in [6, 6.07) is 4.38. The van der Waals surface area contributed by atoms with Crippen LogP contribution in [0.5, 0.6) is 0 Å². The van der Waals surface area contributed by atoms with Gasteiger partial charge in [-0.2, -0.15) is 0 Å². The Balaban J connectivity index is 2.81. The third kappa shape index (κ3) is 2.13. The molecule has 0 aliphatic heterocycles. The standard InChI is InChI=1S/C15H20FN3O/c1-5-18-14(9(2)3)13(17)15(20)19(18)12-7-6-11(16)8-10(12)4/h6-9H,5,17H2,1-4H3. The molecule has 1 heterocycles. The highest BCUT2D eigenvalue weighted by Gasteiger charge is 2.21. The minimum Gasteiger partial charge on any atom is -0.393 e. The monoisotopic (exact) mass is 277 g/mol. The lowest BCUT2D eigenvalue weighted by Gasteiger charge is -2.16. The maximum atomic E-state index is 13.2. The van der Waals surface area contributed by atoms with Crippen LogP contribution in [0.3, 0.4) is 0 Å². The average molecular weight is 277 g/mol. The topological polar surface area (TPSA) is 52.9 Å². The summed E-state index contributed by atoms with van der Waals surface area (Å²) in [6.45, 7) is 8.36. The van der Waals surface area contributed by atoms with Crippen molar-refractivity contribution in [3.8, 4) is 5.69 Å². The first-order chi connectivity index (χ1) is 9.38. The molecule has 0 atom stereocenters. The van der Waals surface area contributed by atoms with Gasteiger partial charge < -0.3 is 5.73 Å². The van der Waals surface area contributed by atoms with E-state index >= 15 is 0 Å². The van der Waals surface area contributed by atoms with E-state index in [-0.39, 0.29) is 23.0 Å². The van der Waals surface area contributed by atoms with Crippen molar-refractivity contribution < 1.29 is 4.39 Å². The lowest BCUT2D eigenvalue weighted by molar-refractivity contribution is 0.532. The number of aryl methyl sites for hydroxylation is 1. The number of nitrogen functional groups attached to an aromatic ring is 1. The maximum absolute atomic E-state index is 13.2. The van der Waals surface area contributed by atoms with Crippen LogP contribution >= 0.6 is 0 Å². The predicted molar refractivity (Wildman–Crippen MR) is 78.9 cm³/mol. The minimum absolute atomic E-state index is 0.143. The number of nitrogens with zero attached hydrogens (tertiary/aromatic N) is 2. The number of hydrogen-bond donors (Lipinski definition) is 1. The highest BCUT2D eigenvalue weighted by molar-refractivity contribution is 5.49. The van der Waals surface area contributed by atoms with Gasteiger partial charge in [0, 0.05) is 6.54 Å². The fourth-order valence-corrected chi connectivity index (χ4v) is 2.60. The molecule has 1 aromatic heterocycles. The molecule has 20 heavy (non-hydrogen) atoms. The van der Waals surface area contributed by atoms with Crippen LogP contribution in [-0.4, -0.2) is 9.36 Å². The second-order valence-corrected chi connectivity index (χ2v) is 5.22. The summed E-state index contributed by atoms with van der Waals surface area (Å²) in [5.41, 5.74) is 8.18. The molecule has 0 radical (unpaired) electrons. The lowest BCUT2D eigenvalue weighted by atomic mass is 10.1. The molecule has 2 aromatic rings. The van der Waals surface area contributed by atoms with Crippen LogP contribution in [0.1, 0.15) is 37.9 Å². The normalized spacial score (nSPS) is 11.3. The summed E-state index contributed by atoms with van der Waals surface area (Å²) in [4.78, 5) is 12.4. The van der Waals surface area contributed by atoms with E-state index < -0.39 is 0 Å². The number of anilines is 1. The van der Waals surface area contributed by atoms with E-state index in [9.17, 15) is 9.18 Å². The summed E-state index contributed by atoms with van der Waals surface area (Å²) < 4.78 is 16.6. The molecule has 0 fully saturated rings. The predicted octanol–water partition coefficient (Wildman–Crippen LogP) is 2.81. The first kappa shape index (κ1) is 14.4. The van der Waals surface area contributed by atoms with Crippen LogP contribution in [0, 0.1) is 12.7 Å². The third-order valence-electron chi connectivity index (χ3n) is 3.45. The Morgan fingerprint density at radius 1 is 1.35 bits per heavy atom. The van der Waals surface area contributed by atoms with Gasteiger partial charge in [0.1, 0.15) is 11.5 Å². The highest BCUT2D eigenvalue weighted by Crippen LogP contribution is 2.23. The Morgan fingerprint density at radius 2 is 2.00 bits per heavy atom. The number of halogens is 1. The van der Waals surface area contributed by atoms with Crippen LogP contribution < -0.4 is 11.3 Å². The zero-order valence-electron chi connectivity index (χ0n) is 12.3. The Bertz CT molecular complexity index is 698. The third-order valence-corrected chi connectivity index (χ3v) is 3.45. The van der Waals surface area contributed by atoms with Crippen molar-refractivity contribution in [1.29, 1.82) is 0 Å². The summed E-state index contributed by atoms with van der Waals surface area (Å²) >= 11 is 0. The Kier molecular flexibility index (Phi) is 3.70. The maximum Gasteiger partial charge on any atom is 0.294 e. The molecule has 1 aromatic carbocycles. The fraction of sp³-hybridized carbons (Fsp3) is 0.400. The Morgan fingerprint density at radius 3 is 2.50 bits per heavy atom. The van der Waals surface area contributed by atoms with Gasteiger partial charge in [-0.25, -0.2) is 9.07 Å². The zero-order valence-corrected chi connectivity index (χ0v) is 12.3. The fourth-order valence-electron chi connectivity index (χ4n) is 2.60. The second kappa shape index (κ2) is 5.15. The van der Waals surface area contributed by atoms with Gasteiger partial charge in [0.05, 0.1) is 11.4 Å². The molecule has 0 aliphatic rings.